The lowest BCUT2D eigenvalue weighted by Gasteiger charge is -2.41. The normalized spacial score (nSPS) is 17.6. The lowest BCUT2D eigenvalue weighted by Crippen LogP contribution is -2.46. The Labute approximate surface area is 203 Å². The molecule has 178 valence electrons. The number of anilines is 4. The van der Waals surface area contributed by atoms with Gasteiger partial charge in [0.15, 0.2) is 5.13 Å². The SMILES string of the molecule is Nc1nc(Nc2ccc(N3CCC(N4CCCCC4)CC3)cc2)sc1C(=O)c1cccc(F)c1. The quantitative estimate of drug-likeness (QED) is 0.468. The molecular formula is C26H30FN5OS. The maximum Gasteiger partial charge on any atom is 0.206 e. The Hall–Kier alpha value is -2.97. The molecule has 0 radical (unpaired) electrons. The average molecular weight is 480 g/mol. The van der Waals surface area contributed by atoms with E-state index in [1.54, 1.807) is 6.07 Å². The summed E-state index contributed by atoms with van der Waals surface area (Å²) in [6, 6.07) is 14.6. The number of hydrogen-bond donors (Lipinski definition) is 2. The van der Waals surface area contributed by atoms with Gasteiger partial charge in [0.1, 0.15) is 16.5 Å². The molecule has 2 saturated heterocycles. The van der Waals surface area contributed by atoms with E-state index in [9.17, 15) is 9.18 Å². The number of halogens is 1. The Morgan fingerprint density at radius 2 is 1.76 bits per heavy atom. The van der Waals surface area contributed by atoms with Crippen molar-refractivity contribution in [2.75, 3.05) is 42.1 Å². The topological polar surface area (TPSA) is 74.5 Å². The van der Waals surface area contributed by atoms with Crippen molar-refractivity contribution >= 4 is 39.4 Å². The van der Waals surface area contributed by atoms with Crippen LogP contribution in [0.3, 0.4) is 0 Å². The van der Waals surface area contributed by atoms with Crippen molar-refractivity contribution in [2.45, 2.75) is 38.1 Å². The Morgan fingerprint density at radius 1 is 1.03 bits per heavy atom. The van der Waals surface area contributed by atoms with Gasteiger partial charge >= 0.3 is 0 Å². The zero-order valence-corrected chi connectivity index (χ0v) is 20.0. The lowest BCUT2D eigenvalue weighted by atomic mass is 9.99. The van der Waals surface area contributed by atoms with E-state index in [0.717, 1.165) is 24.8 Å². The third kappa shape index (κ3) is 5.08. The third-order valence-corrected chi connectivity index (χ3v) is 7.79. The van der Waals surface area contributed by atoms with Crippen molar-refractivity contribution in [3.8, 4) is 0 Å². The molecule has 2 fully saturated rings. The second-order valence-electron chi connectivity index (χ2n) is 9.06. The van der Waals surface area contributed by atoms with Crippen LogP contribution in [0.4, 0.5) is 26.7 Å². The smallest absolute Gasteiger partial charge is 0.206 e. The molecule has 5 rings (SSSR count). The van der Waals surface area contributed by atoms with Crippen molar-refractivity contribution < 1.29 is 9.18 Å². The molecule has 3 N–H and O–H groups in total. The molecule has 0 amide bonds. The van der Waals surface area contributed by atoms with Crippen molar-refractivity contribution in [3.63, 3.8) is 0 Å². The molecule has 1 aromatic heterocycles. The van der Waals surface area contributed by atoms with Gasteiger partial charge in [-0.15, -0.1) is 0 Å². The summed E-state index contributed by atoms with van der Waals surface area (Å²) >= 11 is 1.17. The number of nitrogens with zero attached hydrogens (tertiary/aromatic N) is 3. The Balaban J connectivity index is 1.20. The van der Waals surface area contributed by atoms with Gasteiger partial charge in [-0.05, 0) is 75.2 Å². The summed E-state index contributed by atoms with van der Waals surface area (Å²) in [5.74, 6) is -0.635. The Bertz CT molecular complexity index is 1130. The van der Waals surface area contributed by atoms with E-state index in [4.69, 9.17) is 5.73 Å². The highest BCUT2D eigenvalue weighted by Gasteiger charge is 2.25. The zero-order chi connectivity index (χ0) is 23.5. The molecule has 34 heavy (non-hydrogen) atoms. The minimum Gasteiger partial charge on any atom is -0.382 e. The predicted molar refractivity (Wildman–Crippen MR) is 137 cm³/mol. The van der Waals surface area contributed by atoms with E-state index >= 15 is 0 Å². The van der Waals surface area contributed by atoms with E-state index in [-0.39, 0.29) is 17.2 Å². The number of carbonyl (C=O) groups is 1. The van der Waals surface area contributed by atoms with Gasteiger partial charge in [-0.1, -0.05) is 29.9 Å². The first kappa shape index (κ1) is 22.8. The Kier molecular flexibility index (Phi) is 6.78. The molecule has 2 aliphatic heterocycles. The molecule has 0 saturated carbocycles. The fourth-order valence-electron chi connectivity index (χ4n) is 4.96. The number of aromatic nitrogens is 1. The maximum absolute atomic E-state index is 13.5. The highest BCUT2D eigenvalue weighted by Crippen LogP contribution is 2.31. The second-order valence-corrected chi connectivity index (χ2v) is 10.1. The summed E-state index contributed by atoms with van der Waals surface area (Å²) < 4.78 is 13.5. The lowest BCUT2D eigenvalue weighted by molar-refractivity contribution is 0.104. The molecule has 2 aliphatic rings. The van der Waals surface area contributed by atoms with Crippen LogP contribution in [0.15, 0.2) is 48.5 Å². The first-order chi connectivity index (χ1) is 16.6. The molecule has 0 spiro atoms. The number of benzene rings is 2. The van der Waals surface area contributed by atoms with E-state index < -0.39 is 5.82 Å². The number of likely N-dealkylation sites (tertiary alicyclic amines) is 1. The Morgan fingerprint density at radius 3 is 2.47 bits per heavy atom. The fourth-order valence-corrected chi connectivity index (χ4v) is 5.83. The minimum absolute atomic E-state index is 0.148. The summed E-state index contributed by atoms with van der Waals surface area (Å²) in [4.78, 5) is 22.5. The number of rotatable bonds is 6. The molecule has 3 heterocycles. The molecule has 0 atom stereocenters. The van der Waals surface area contributed by atoms with Gasteiger partial charge in [0.05, 0.1) is 0 Å². The average Bonchev–Trinajstić information content (AvgIpc) is 3.24. The molecule has 2 aromatic carbocycles. The van der Waals surface area contributed by atoms with Gasteiger partial charge in [-0.2, -0.15) is 0 Å². The summed E-state index contributed by atoms with van der Waals surface area (Å²) in [5.41, 5.74) is 8.36. The van der Waals surface area contributed by atoms with Gasteiger partial charge < -0.3 is 20.9 Å². The molecule has 3 aromatic rings. The van der Waals surface area contributed by atoms with E-state index in [0.29, 0.717) is 10.0 Å². The van der Waals surface area contributed by atoms with Crippen molar-refractivity contribution in [1.29, 1.82) is 0 Å². The van der Waals surface area contributed by atoms with Crippen molar-refractivity contribution in [2.24, 2.45) is 0 Å². The molecule has 8 heteroatoms. The molecular weight excluding hydrogens is 449 g/mol. The van der Waals surface area contributed by atoms with Crippen LogP contribution in [-0.2, 0) is 0 Å². The van der Waals surface area contributed by atoms with Gasteiger partial charge in [-0.3, -0.25) is 4.79 Å². The number of nitrogens with two attached hydrogens (primary N) is 1. The summed E-state index contributed by atoms with van der Waals surface area (Å²) in [6.07, 6.45) is 6.52. The maximum atomic E-state index is 13.5. The van der Waals surface area contributed by atoms with Crippen LogP contribution >= 0.6 is 11.3 Å². The van der Waals surface area contributed by atoms with E-state index in [1.165, 1.54) is 80.4 Å². The third-order valence-electron chi connectivity index (χ3n) is 6.80. The van der Waals surface area contributed by atoms with Gasteiger partial charge in [0, 0.05) is 36.1 Å². The first-order valence-electron chi connectivity index (χ1n) is 12.0. The van der Waals surface area contributed by atoms with Crippen molar-refractivity contribution in [1.82, 2.24) is 9.88 Å². The summed E-state index contributed by atoms with van der Waals surface area (Å²) in [6.45, 7) is 4.70. The van der Waals surface area contributed by atoms with Crippen LogP contribution < -0.4 is 16.0 Å². The molecule has 0 bridgehead atoms. The number of thiazole rings is 1. The van der Waals surface area contributed by atoms with E-state index in [1.807, 2.05) is 12.1 Å². The summed E-state index contributed by atoms with van der Waals surface area (Å²) in [5, 5.41) is 3.77. The zero-order valence-electron chi connectivity index (χ0n) is 19.2. The number of carbonyl (C=O) groups excluding carboxylic acids is 1. The first-order valence-corrected chi connectivity index (χ1v) is 12.8. The van der Waals surface area contributed by atoms with Crippen LogP contribution in [-0.4, -0.2) is 47.9 Å². The molecule has 0 unspecified atom stereocenters. The van der Waals surface area contributed by atoms with Crippen LogP contribution in [0, 0.1) is 5.82 Å². The standard InChI is InChI=1S/C26H30FN5OS/c27-19-6-4-5-18(17-19)23(33)24-25(28)30-26(34-24)29-20-7-9-21(10-8-20)32-15-11-22(12-16-32)31-13-2-1-3-14-31/h4-10,17,22H,1-3,11-16,28H2,(H,29,30). The second kappa shape index (κ2) is 10.1. The van der Waals surface area contributed by atoms with Crippen LogP contribution in [0.2, 0.25) is 0 Å². The highest BCUT2D eigenvalue weighted by molar-refractivity contribution is 7.18. The number of ketones is 1. The minimum atomic E-state index is -0.455. The van der Waals surface area contributed by atoms with Crippen LogP contribution in [0.5, 0.6) is 0 Å². The van der Waals surface area contributed by atoms with Gasteiger partial charge in [0.25, 0.3) is 0 Å². The number of piperidine rings is 2. The fraction of sp³-hybridized carbons (Fsp3) is 0.385. The summed E-state index contributed by atoms with van der Waals surface area (Å²) in [7, 11) is 0. The number of nitrogens with one attached hydrogen (secondary N) is 1. The highest BCUT2D eigenvalue weighted by atomic mass is 32.1. The van der Waals surface area contributed by atoms with Crippen molar-refractivity contribution in [3.05, 3.63) is 64.8 Å². The monoisotopic (exact) mass is 479 g/mol. The van der Waals surface area contributed by atoms with Crippen LogP contribution in [0.25, 0.3) is 0 Å². The van der Waals surface area contributed by atoms with Gasteiger partial charge in [-0.25, -0.2) is 9.37 Å². The molecule has 6 nitrogen and oxygen atoms in total. The number of hydrogen-bond acceptors (Lipinski definition) is 7. The number of nitrogen functional groups attached to an aromatic ring is 1. The van der Waals surface area contributed by atoms with Gasteiger partial charge in [0.2, 0.25) is 5.78 Å². The van der Waals surface area contributed by atoms with Crippen LogP contribution in [0.1, 0.15) is 47.3 Å². The molecule has 0 aliphatic carbocycles. The largest absolute Gasteiger partial charge is 0.382 e. The van der Waals surface area contributed by atoms with E-state index in [2.05, 4.69) is 32.2 Å². The predicted octanol–water partition coefficient (Wildman–Crippen LogP) is 5.29.